The van der Waals surface area contributed by atoms with Crippen molar-refractivity contribution in [2.24, 2.45) is 5.92 Å². The summed E-state index contributed by atoms with van der Waals surface area (Å²) < 4.78 is 73.6. The van der Waals surface area contributed by atoms with Gasteiger partial charge in [-0.05, 0) is 18.8 Å². The summed E-state index contributed by atoms with van der Waals surface area (Å²) in [5.41, 5.74) is 0. The predicted molar refractivity (Wildman–Crippen MR) is 41.9 cm³/mol. The second kappa shape index (κ2) is 4.22. The summed E-state index contributed by atoms with van der Waals surface area (Å²) in [4.78, 5) is 0. The Bertz CT molecular complexity index is 184. The molecular weight excluding hydrogens is 222 g/mol. The molecule has 0 heterocycles. The van der Waals surface area contributed by atoms with Crippen LogP contribution in [0.2, 0.25) is 0 Å². The van der Waals surface area contributed by atoms with E-state index in [2.05, 4.69) is 0 Å². The van der Waals surface area contributed by atoms with Gasteiger partial charge in [-0.1, -0.05) is 19.3 Å². The Morgan fingerprint density at radius 3 is 1.47 bits per heavy atom. The first kappa shape index (κ1) is 12.6. The summed E-state index contributed by atoms with van der Waals surface area (Å²) in [5, 5.41) is 0. The van der Waals surface area contributed by atoms with Crippen LogP contribution < -0.4 is 0 Å². The van der Waals surface area contributed by atoms with E-state index in [0.29, 0.717) is 19.3 Å². The third-order valence-corrected chi connectivity index (χ3v) is 2.56. The average molecular weight is 233 g/mol. The molecule has 0 spiro atoms. The summed E-state index contributed by atoms with van der Waals surface area (Å²) in [5.74, 6) is -3.62. The SMILES string of the molecule is FC(F)(F)C([C]1CCCCC1)C(F)(F)F. The fraction of sp³-hybridized carbons (Fsp3) is 0.889. The lowest BCUT2D eigenvalue weighted by atomic mass is 9.79. The first-order valence-corrected chi connectivity index (χ1v) is 4.71. The monoisotopic (exact) mass is 233 g/mol. The summed E-state index contributed by atoms with van der Waals surface area (Å²) in [7, 11) is 0. The van der Waals surface area contributed by atoms with E-state index < -0.39 is 24.2 Å². The van der Waals surface area contributed by atoms with E-state index >= 15 is 0 Å². The highest BCUT2D eigenvalue weighted by Gasteiger charge is 2.59. The lowest BCUT2D eigenvalue weighted by Crippen LogP contribution is -2.41. The number of hydrogen-bond donors (Lipinski definition) is 0. The summed E-state index contributed by atoms with van der Waals surface area (Å²) >= 11 is 0. The Morgan fingerprint density at radius 2 is 1.13 bits per heavy atom. The minimum Gasteiger partial charge on any atom is -0.170 e. The number of hydrogen-bond acceptors (Lipinski definition) is 0. The highest BCUT2D eigenvalue weighted by molar-refractivity contribution is 5.04. The largest absolute Gasteiger partial charge is 0.401 e. The fourth-order valence-corrected chi connectivity index (χ4v) is 1.94. The van der Waals surface area contributed by atoms with Gasteiger partial charge in [0.1, 0.15) is 0 Å². The van der Waals surface area contributed by atoms with Gasteiger partial charge in [-0.2, -0.15) is 26.3 Å². The molecule has 1 rings (SSSR count). The van der Waals surface area contributed by atoms with Crippen molar-refractivity contribution in [3.05, 3.63) is 5.92 Å². The Labute approximate surface area is 83.6 Å². The minimum atomic E-state index is -5.20. The Hall–Kier alpha value is -0.420. The highest BCUT2D eigenvalue weighted by atomic mass is 19.4. The molecule has 0 saturated heterocycles. The third kappa shape index (κ3) is 3.28. The van der Waals surface area contributed by atoms with Gasteiger partial charge < -0.3 is 0 Å². The maximum absolute atomic E-state index is 12.3. The van der Waals surface area contributed by atoms with Crippen LogP contribution >= 0.6 is 0 Å². The van der Waals surface area contributed by atoms with Gasteiger partial charge in [0, 0.05) is 0 Å². The summed E-state index contributed by atoms with van der Waals surface area (Å²) in [6.07, 6.45) is -8.94. The molecule has 1 aliphatic carbocycles. The molecule has 0 bridgehead atoms. The maximum Gasteiger partial charge on any atom is 0.401 e. The Balaban J connectivity index is 2.80. The first-order chi connectivity index (χ1) is 6.73. The number of halogens is 6. The molecular formula is C9H11F6. The molecule has 6 heteroatoms. The van der Waals surface area contributed by atoms with Crippen LogP contribution in [-0.4, -0.2) is 12.4 Å². The van der Waals surface area contributed by atoms with Gasteiger partial charge in [0.05, 0.1) is 0 Å². The van der Waals surface area contributed by atoms with E-state index in [0.717, 1.165) is 0 Å². The van der Waals surface area contributed by atoms with Gasteiger partial charge in [-0.15, -0.1) is 0 Å². The standard InChI is InChI=1S/C9H11F6/c10-8(11,12)7(9(13,14)15)6-4-2-1-3-5-6/h7H,1-5H2. The normalized spacial score (nSPS) is 21.0. The maximum atomic E-state index is 12.3. The zero-order chi connectivity index (χ0) is 11.7. The zero-order valence-corrected chi connectivity index (χ0v) is 7.88. The summed E-state index contributed by atoms with van der Waals surface area (Å²) in [6.45, 7) is 0. The van der Waals surface area contributed by atoms with Crippen molar-refractivity contribution in [1.82, 2.24) is 0 Å². The molecule has 1 saturated carbocycles. The average Bonchev–Trinajstić information content (AvgIpc) is 2.00. The van der Waals surface area contributed by atoms with E-state index in [1.165, 1.54) is 0 Å². The molecule has 0 atom stereocenters. The van der Waals surface area contributed by atoms with E-state index in [4.69, 9.17) is 0 Å². The van der Waals surface area contributed by atoms with Crippen molar-refractivity contribution >= 4 is 0 Å². The molecule has 1 fully saturated rings. The van der Waals surface area contributed by atoms with Crippen LogP contribution in [-0.2, 0) is 0 Å². The molecule has 0 N–H and O–H groups in total. The van der Waals surface area contributed by atoms with Crippen LogP contribution in [0.1, 0.15) is 32.1 Å². The van der Waals surface area contributed by atoms with Crippen LogP contribution in [0.15, 0.2) is 0 Å². The second-order valence-corrected chi connectivity index (χ2v) is 3.74. The van der Waals surface area contributed by atoms with Crippen molar-refractivity contribution in [2.75, 3.05) is 0 Å². The van der Waals surface area contributed by atoms with Crippen molar-refractivity contribution < 1.29 is 26.3 Å². The molecule has 0 aromatic heterocycles. The zero-order valence-electron chi connectivity index (χ0n) is 7.88. The van der Waals surface area contributed by atoms with Crippen molar-refractivity contribution in [1.29, 1.82) is 0 Å². The highest BCUT2D eigenvalue weighted by Crippen LogP contribution is 2.49. The van der Waals surface area contributed by atoms with Gasteiger partial charge in [-0.3, -0.25) is 0 Å². The van der Waals surface area contributed by atoms with Gasteiger partial charge >= 0.3 is 12.4 Å². The van der Waals surface area contributed by atoms with Crippen molar-refractivity contribution in [3.63, 3.8) is 0 Å². The van der Waals surface area contributed by atoms with Crippen LogP contribution in [0.3, 0.4) is 0 Å². The molecule has 0 unspecified atom stereocenters. The second-order valence-electron chi connectivity index (χ2n) is 3.74. The van der Waals surface area contributed by atoms with Gasteiger partial charge in [0.2, 0.25) is 0 Å². The minimum absolute atomic E-state index is 0.0519. The first-order valence-electron chi connectivity index (χ1n) is 4.71. The Morgan fingerprint density at radius 1 is 0.733 bits per heavy atom. The third-order valence-electron chi connectivity index (χ3n) is 2.56. The topological polar surface area (TPSA) is 0 Å². The molecule has 0 aromatic rings. The van der Waals surface area contributed by atoms with Crippen LogP contribution in [0.4, 0.5) is 26.3 Å². The van der Waals surface area contributed by atoms with E-state index in [-0.39, 0.29) is 12.8 Å². The molecule has 1 aliphatic rings. The molecule has 0 aliphatic heterocycles. The van der Waals surface area contributed by atoms with Crippen molar-refractivity contribution in [2.45, 2.75) is 44.5 Å². The van der Waals surface area contributed by atoms with Crippen LogP contribution in [0.25, 0.3) is 0 Å². The van der Waals surface area contributed by atoms with Crippen LogP contribution in [0, 0.1) is 11.8 Å². The van der Waals surface area contributed by atoms with Crippen molar-refractivity contribution in [3.8, 4) is 0 Å². The van der Waals surface area contributed by atoms with E-state index in [1.54, 1.807) is 0 Å². The molecule has 89 valence electrons. The molecule has 0 amide bonds. The van der Waals surface area contributed by atoms with E-state index in [1.807, 2.05) is 0 Å². The van der Waals surface area contributed by atoms with Gasteiger partial charge in [0.15, 0.2) is 5.92 Å². The van der Waals surface area contributed by atoms with E-state index in [9.17, 15) is 26.3 Å². The number of alkyl halides is 6. The lowest BCUT2D eigenvalue weighted by Gasteiger charge is -2.32. The predicted octanol–water partition coefficient (Wildman–Crippen LogP) is 4.27. The quantitative estimate of drug-likeness (QED) is 0.593. The molecule has 0 aromatic carbocycles. The summed E-state index contributed by atoms with van der Waals surface area (Å²) in [6, 6.07) is 0. The van der Waals surface area contributed by atoms with Gasteiger partial charge in [-0.25, -0.2) is 0 Å². The van der Waals surface area contributed by atoms with Crippen LogP contribution in [0.5, 0.6) is 0 Å². The smallest absolute Gasteiger partial charge is 0.170 e. The molecule has 15 heavy (non-hydrogen) atoms. The fourth-order valence-electron chi connectivity index (χ4n) is 1.94. The Kier molecular flexibility index (Phi) is 3.55. The molecule has 0 nitrogen and oxygen atoms in total. The van der Waals surface area contributed by atoms with Gasteiger partial charge in [0.25, 0.3) is 0 Å². The molecule has 1 radical (unpaired) electrons. The lowest BCUT2D eigenvalue weighted by molar-refractivity contribution is -0.279. The number of rotatable bonds is 1.